The molecule has 1 heterocycles. The van der Waals surface area contributed by atoms with Crippen molar-refractivity contribution in [3.8, 4) is 0 Å². The summed E-state index contributed by atoms with van der Waals surface area (Å²) in [5.41, 5.74) is 8.68. The molecule has 1 aliphatic heterocycles. The van der Waals surface area contributed by atoms with Crippen LogP contribution in [0.1, 0.15) is 42.4 Å². The Morgan fingerprint density at radius 1 is 1.20 bits per heavy atom. The molecule has 1 aliphatic carbocycles. The van der Waals surface area contributed by atoms with Gasteiger partial charge in [-0.25, -0.2) is 8.42 Å². The van der Waals surface area contributed by atoms with Gasteiger partial charge in [0.1, 0.15) is 0 Å². The lowest BCUT2D eigenvalue weighted by atomic mass is 9.79. The van der Waals surface area contributed by atoms with Gasteiger partial charge in [-0.2, -0.15) is 0 Å². The average molecular weight is 428 g/mol. The third-order valence-corrected chi connectivity index (χ3v) is 7.50. The van der Waals surface area contributed by atoms with Crippen LogP contribution in [0.15, 0.2) is 41.3 Å². The van der Waals surface area contributed by atoms with Crippen molar-refractivity contribution in [3.63, 3.8) is 0 Å². The lowest BCUT2D eigenvalue weighted by Gasteiger charge is -2.15. The summed E-state index contributed by atoms with van der Waals surface area (Å²) in [5, 5.41) is 12.9. The Morgan fingerprint density at radius 2 is 1.97 bits per heavy atom. The Bertz CT molecular complexity index is 1070. The fraction of sp³-hybridized carbons (Fsp3) is 0.381. The number of carbonyl (C=O) groups excluding carboxylic acids is 1. The average Bonchev–Trinajstić information content (AvgIpc) is 3.31. The molecule has 0 radical (unpaired) electrons. The molecule has 7 nitrogen and oxygen atoms in total. The number of nitrogens with one attached hydrogen (secondary N) is 1. The minimum Gasteiger partial charge on any atom is -0.423 e. The van der Waals surface area contributed by atoms with E-state index < -0.39 is 17.0 Å². The van der Waals surface area contributed by atoms with E-state index in [-0.39, 0.29) is 29.0 Å². The van der Waals surface area contributed by atoms with E-state index >= 15 is 0 Å². The van der Waals surface area contributed by atoms with E-state index in [1.165, 1.54) is 12.1 Å². The van der Waals surface area contributed by atoms with Gasteiger partial charge in [-0.05, 0) is 53.2 Å². The maximum atomic E-state index is 13.2. The Hall–Kier alpha value is -2.36. The van der Waals surface area contributed by atoms with Gasteiger partial charge in [-0.15, -0.1) is 0 Å². The van der Waals surface area contributed by atoms with Crippen molar-refractivity contribution < 1.29 is 22.9 Å². The summed E-state index contributed by atoms with van der Waals surface area (Å²) >= 11 is 0. The van der Waals surface area contributed by atoms with Crippen LogP contribution in [-0.2, 0) is 38.1 Å². The summed E-state index contributed by atoms with van der Waals surface area (Å²) in [5.74, 6) is -0.435. The normalized spacial score (nSPS) is 16.6. The summed E-state index contributed by atoms with van der Waals surface area (Å²) in [7, 11) is -4.76. The van der Waals surface area contributed by atoms with Crippen molar-refractivity contribution in [3.05, 3.63) is 53.1 Å². The van der Waals surface area contributed by atoms with E-state index in [1.54, 1.807) is 24.3 Å². The van der Waals surface area contributed by atoms with Crippen LogP contribution in [0.4, 0.5) is 5.69 Å². The predicted octanol–water partition coefficient (Wildman–Crippen LogP) is 1.06. The van der Waals surface area contributed by atoms with E-state index in [1.807, 2.05) is 0 Å². The molecule has 0 aromatic heterocycles. The molecule has 2 aromatic carbocycles. The second-order valence-corrected chi connectivity index (χ2v) is 10.0. The molecular weight excluding hydrogens is 403 g/mol. The fourth-order valence-corrected chi connectivity index (χ4v) is 5.79. The van der Waals surface area contributed by atoms with Crippen LogP contribution in [0.3, 0.4) is 0 Å². The van der Waals surface area contributed by atoms with E-state index in [4.69, 9.17) is 10.4 Å². The fourth-order valence-electron chi connectivity index (χ4n) is 4.21. The van der Waals surface area contributed by atoms with Crippen LogP contribution in [0.25, 0.3) is 0 Å². The largest absolute Gasteiger partial charge is 0.491 e. The Labute approximate surface area is 176 Å². The van der Waals surface area contributed by atoms with Gasteiger partial charge in [0.15, 0.2) is 9.84 Å². The topological polar surface area (TPSA) is 119 Å². The predicted molar refractivity (Wildman–Crippen MR) is 115 cm³/mol. The van der Waals surface area contributed by atoms with Crippen LogP contribution >= 0.6 is 0 Å². The first-order chi connectivity index (χ1) is 14.3. The second-order valence-electron chi connectivity index (χ2n) is 8.05. The van der Waals surface area contributed by atoms with Gasteiger partial charge in [0.25, 0.3) is 0 Å². The first kappa shape index (κ1) is 20.9. The van der Waals surface area contributed by atoms with Gasteiger partial charge >= 0.3 is 7.12 Å². The summed E-state index contributed by atoms with van der Waals surface area (Å²) < 4.78 is 31.5. The highest BCUT2D eigenvalue weighted by molar-refractivity contribution is 7.90. The smallest absolute Gasteiger partial charge is 0.423 e. The van der Waals surface area contributed by atoms with E-state index in [0.717, 1.165) is 31.2 Å². The van der Waals surface area contributed by atoms with Crippen LogP contribution in [0, 0.1) is 0 Å². The number of nitrogen functional groups attached to an aromatic ring is 1. The highest BCUT2D eigenvalue weighted by atomic mass is 32.2. The van der Waals surface area contributed by atoms with E-state index in [0.29, 0.717) is 28.9 Å². The van der Waals surface area contributed by atoms with Crippen LogP contribution in [-0.4, -0.2) is 32.5 Å². The molecule has 0 saturated heterocycles. The van der Waals surface area contributed by atoms with Crippen LogP contribution in [0.5, 0.6) is 0 Å². The van der Waals surface area contributed by atoms with Crippen LogP contribution in [0.2, 0.25) is 0 Å². The SMILES string of the molecule is Nc1ccc(S(=O)(=O)Cc2ccc3c(c2)B(O)OC3)c(CC(=O)NC2CCCC2)c1. The molecule has 0 bridgehead atoms. The van der Waals surface area contributed by atoms with Crippen molar-refractivity contribution in [2.45, 2.75) is 55.4 Å². The maximum Gasteiger partial charge on any atom is 0.491 e. The van der Waals surface area contributed by atoms with Crippen molar-refractivity contribution in [1.29, 1.82) is 0 Å². The summed E-state index contributed by atoms with van der Waals surface area (Å²) in [4.78, 5) is 12.6. The number of hydrogen-bond donors (Lipinski definition) is 3. The molecule has 1 fully saturated rings. The first-order valence-corrected chi connectivity index (χ1v) is 11.8. The standard InChI is InChI=1S/C21H25BN2O5S/c23-17-7-8-20(16(10-17)11-21(25)24-18-3-1-2-4-18)30(27,28)13-14-5-6-15-12-29-22(26)19(15)9-14/h5-10,18,26H,1-4,11-13,23H2,(H,24,25). The van der Waals surface area contributed by atoms with Gasteiger partial charge in [0.05, 0.1) is 23.7 Å². The minimum absolute atomic E-state index is 0.0349. The number of anilines is 1. The third kappa shape index (κ3) is 4.53. The van der Waals surface area contributed by atoms with Crippen molar-refractivity contribution in [2.24, 2.45) is 0 Å². The van der Waals surface area contributed by atoms with Gasteiger partial charge in [0, 0.05) is 11.7 Å². The third-order valence-electron chi connectivity index (χ3n) is 5.72. The number of fused-ring (bicyclic) bond motifs is 1. The monoisotopic (exact) mass is 428 g/mol. The lowest BCUT2D eigenvalue weighted by Crippen LogP contribution is -2.34. The van der Waals surface area contributed by atoms with Crippen LogP contribution < -0.4 is 16.5 Å². The highest BCUT2D eigenvalue weighted by Crippen LogP contribution is 2.25. The maximum absolute atomic E-state index is 13.2. The molecule has 0 atom stereocenters. The van der Waals surface area contributed by atoms with Crippen molar-refractivity contribution in [2.75, 3.05) is 5.73 Å². The molecule has 0 unspecified atom stereocenters. The van der Waals surface area contributed by atoms with Gasteiger partial charge < -0.3 is 20.7 Å². The molecule has 4 rings (SSSR count). The van der Waals surface area contributed by atoms with Gasteiger partial charge in [-0.1, -0.05) is 31.0 Å². The molecule has 2 aliphatic rings. The molecule has 30 heavy (non-hydrogen) atoms. The molecule has 0 spiro atoms. The number of nitrogens with two attached hydrogens (primary N) is 1. The number of benzene rings is 2. The number of sulfone groups is 1. The molecule has 158 valence electrons. The summed E-state index contributed by atoms with van der Waals surface area (Å²) in [6.07, 6.45) is 4.09. The zero-order valence-corrected chi connectivity index (χ0v) is 17.5. The summed E-state index contributed by atoms with van der Waals surface area (Å²) in [6.45, 7) is 0.307. The van der Waals surface area contributed by atoms with Crippen molar-refractivity contribution >= 4 is 34.0 Å². The second kappa shape index (κ2) is 8.41. The highest BCUT2D eigenvalue weighted by Gasteiger charge is 2.28. The molecule has 9 heteroatoms. The minimum atomic E-state index is -3.73. The van der Waals surface area contributed by atoms with Crippen molar-refractivity contribution in [1.82, 2.24) is 5.32 Å². The zero-order chi connectivity index (χ0) is 21.3. The molecule has 4 N–H and O–H groups in total. The Balaban J connectivity index is 1.56. The van der Waals surface area contributed by atoms with Gasteiger partial charge in [-0.3, -0.25) is 4.79 Å². The van der Waals surface area contributed by atoms with E-state index in [9.17, 15) is 18.2 Å². The summed E-state index contributed by atoms with van der Waals surface area (Å²) in [6, 6.07) is 9.88. The Morgan fingerprint density at radius 3 is 2.73 bits per heavy atom. The molecule has 1 saturated carbocycles. The molecule has 2 aromatic rings. The zero-order valence-electron chi connectivity index (χ0n) is 16.6. The van der Waals surface area contributed by atoms with Gasteiger partial charge in [0.2, 0.25) is 5.91 Å². The number of hydrogen-bond acceptors (Lipinski definition) is 6. The Kier molecular flexibility index (Phi) is 5.86. The number of amides is 1. The quantitative estimate of drug-likeness (QED) is 0.468. The molecular formula is C21H25BN2O5S. The van der Waals surface area contributed by atoms with E-state index in [2.05, 4.69) is 5.32 Å². The number of carbonyl (C=O) groups is 1. The molecule has 1 amide bonds. The first-order valence-electron chi connectivity index (χ1n) is 10.1. The lowest BCUT2D eigenvalue weighted by molar-refractivity contribution is -0.121. The number of rotatable bonds is 6.